The van der Waals surface area contributed by atoms with Gasteiger partial charge in [0.2, 0.25) is 5.76 Å². The molecule has 4 nitrogen and oxygen atoms in total. The molecular formula is C12H20ClNO3. The zero-order chi connectivity index (χ0) is 12.3. The normalized spacial score (nSPS) is 10.3. The summed E-state index contributed by atoms with van der Waals surface area (Å²) in [5.74, 6) is 0.493. The Labute approximate surface area is 108 Å². The first kappa shape index (κ1) is 15.8. The van der Waals surface area contributed by atoms with Crippen LogP contribution < -0.4 is 4.90 Å². The molecule has 0 N–H and O–H groups in total. The third-order valence-electron chi connectivity index (χ3n) is 2.35. The van der Waals surface area contributed by atoms with Gasteiger partial charge in [0.15, 0.2) is 5.88 Å². The fraction of sp³-hybridized carbons (Fsp3) is 0.583. The molecule has 17 heavy (non-hydrogen) atoms. The Bertz CT molecular complexity index is 352. The highest BCUT2D eigenvalue weighted by atomic mass is 35.5. The number of halogens is 1. The Balaban J connectivity index is 0.00000256. The number of furan rings is 1. The van der Waals surface area contributed by atoms with Crippen molar-refractivity contribution in [3.8, 4) is 0 Å². The molecule has 0 radical (unpaired) electrons. The molecule has 0 aliphatic carbocycles. The molecule has 0 fully saturated rings. The number of nitrogens with zero attached hydrogens (tertiary/aromatic N) is 1. The molecule has 0 aromatic carbocycles. The standard InChI is InChI=1S/C12H19NO3.ClH/c1-8(2)13(9(3)4)11-7-6-10(16-11)12(14)15-5;/h6-9H,1-5H3;1H. The van der Waals surface area contributed by atoms with Crippen LogP contribution in [-0.2, 0) is 4.74 Å². The lowest BCUT2D eigenvalue weighted by molar-refractivity contribution is 0.0565. The zero-order valence-electron chi connectivity index (χ0n) is 10.9. The van der Waals surface area contributed by atoms with Gasteiger partial charge in [-0.1, -0.05) is 0 Å². The van der Waals surface area contributed by atoms with Crippen molar-refractivity contribution in [2.24, 2.45) is 0 Å². The maximum absolute atomic E-state index is 11.3. The molecule has 0 bridgehead atoms. The van der Waals surface area contributed by atoms with Gasteiger partial charge in [0.05, 0.1) is 7.11 Å². The number of anilines is 1. The van der Waals surface area contributed by atoms with Crippen molar-refractivity contribution in [3.05, 3.63) is 17.9 Å². The highest BCUT2D eigenvalue weighted by Gasteiger charge is 2.19. The lowest BCUT2D eigenvalue weighted by atomic mass is 10.2. The van der Waals surface area contributed by atoms with E-state index in [1.807, 2.05) is 0 Å². The van der Waals surface area contributed by atoms with Crippen molar-refractivity contribution in [2.45, 2.75) is 39.8 Å². The van der Waals surface area contributed by atoms with Gasteiger partial charge in [-0.25, -0.2) is 4.79 Å². The molecule has 0 aliphatic rings. The number of carbonyl (C=O) groups is 1. The van der Waals surface area contributed by atoms with E-state index in [0.29, 0.717) is 18.0 Å². The monoisotopic (exact) mass is 261 g/mol. The molecule has 0 spiro atoms. The van der Waals surface area contributed by atoms with Crippen molar-refractivity contribution in [1.29, 1.82) is 0 Å². The molecule has 1 aromatic rings. The second kappa shape index (κ2) is 6.55. The average Bonchev–Trinajstić information content (AvgIpc) is 2.64. The smallest absolute Gasteiger partial charge is 0.374 e. The van der Waals surface area contributed by atoms with Crippen LogP contribution in [0, 0.1) is 0 Å². The molecule has 0 saturated heterocycles. The summed E-state index contributed by atoms with van der Waals surface area (Å²) in [5, 5.41) is 0. The fourth-order valence-corrected chi connectivity index (χ4v) is 1.78. The van der Waals surface area contributed by atoms with Crippen molar-refractivity contribution in [3.63, 3.8) is 0 Å². The lowest BCUT2D eigenvalue weighted by Crippen LogP contribution is -2.36. The first-order valence-electron chi connectivity index (χ1n) is 5.43. The van der Waals surface area contributed by atoms with Crippen LogP contribution >= 0.6 is 12.4 Å². The van der Waals surface area contributed by atoms with E-state index in [1.165, 1.54) is 7.11 Å². The van der Waals surface area contributed by atoms with Crippen LogP contribution in [0.15, 0.2) is 16.5 Å². The maximum atomic E-state index is 11.3. The summed E-state index contributed by atoms with van der Waals surface area (Å²) in [6.07, 6.45) is 0. The highest BCUT2D eigenvalue weighted by Crippen LogP contribution is 2.23. The van der Waals surface area contributed by atoms with Crippen molar-refractivity contribution in [2.75, 3.05) is 12.0 Å². The minimum absolute atomic E-state index is 0. The van der Waals surface area contributed by atoms with Crippen LogP contribution in [0.25, 0.3) is 0 Å². The predicted molar refractivity (Wildman–Crippen MR) is 70.0 cm³/mol. The molecule has 0 aliphatic heterocycles. The Morgan fingerprint density at radius 1 is 1.24 bits per heavy atom. The topological polar surface area (TPSA) is 42.7 Å². The second-order valence-corrected chi connectivity index (χ2v) is 4.22. The van der Waals surface area contributed by atoms with Gasteiger partial charge in [-0.15, -0.1) is 12.4 Å². The fourth-order valence-electron chi connectivity index (χ4n) is 1.78. The minimum Gasteiger partial charge on any atom is -0.463 e. The van der Waals surface area contributed by atoms with Crippen LogP contribution in [0.4, 0.5) is 5.88 Å². The Hall–Kier alpha value is -1.16. The van der Waals surface area contributed by atoms with Gasteiger partial charge in [0, 0.05) is 18.2 Å². The summed E-state index contributed by atoms with van der Waals surface area (Å²) in [6, 6.07) is 4.07. The van der Waals surface area contributed by atoms with E-state index < -0.39 is 5.97 Å². The highest BCUT2D eigenvalue weighted by molar-refractivity contribution is 5.86. The molecule has 1 rings (SSSR count). The Morgan fingerprint density at radius 2 is 1.76 bits per heavy atom. The van der Waals surface area contributed by atoms with E-state index in [2.05, 4.69) is 37.3 Å². The van der Waals surface area contributed by atoms with Crippen LogP contribution in [-0.4, -0.2) is 25.2 Å². The maximum Gasteiger partial charge on any atom is 0.374 e. The molecule has 1 aromatic heterocycles. The van der Waals surface area contributed by atoms with Crippen LogP contribution in [0.1, 0.15) is 38.2 Å². The zero-order valence-corrected chi connectivity index (χ0v) is 11.7. The van der Waals surface area contributed by atoms with E-state index in [9.17, 15) is 4.79 Å². The number of hydrogen-bond donors (Lipinski definition) is 0. The van der Waals surface area contributed by atoms with E-state index in [-0.39, 0.29) is 18.2 Å². The molecule has 0 atom stereocenters. The quantitative estimate of drug-likeness (QED) is 0.781. The van der Waals surface area contributed by atoms with Crippen LogP contribution in [0.3, 0.4) is 0 Å². The van der Waals surface area contributed by atoms with E-state index in [4.69, 9.17) is 4.42 Å². The first-order valence-corrected chi connectivity index (χ1v) is 5.43. The Morgan fingerprint density at radius 3 is 2.18 bits per heavy atom. The number of hydrogen-bond acceptors (Lipinski definition) is 4. The molecule has 98 valence electrons. The van der Waals surface area contributed by atoms with Crippen molar-refractivity contribution in [1.82, 2.24) is 0 Å². The minimum atomic E-state index is -0.446. The summed E-state index contributed by atoms with van der Waals surface area (Å²) in [6.45, 7) is 8.33. The second-order valence-electron chi connectivity index (χ2n) is 4.22. The first-order chi connectivity index (χ1) is 7.47. The van der Waals surface area contributed by atoms with E-state index in [1.54, 1.807) is 12.1 Å². The van der Waals surface area contributed by atoms with Crippen molar-refractivity contribution >= 4 is 24.3 Å². The largest absolute Gasteiger partial charge is 0.463 e. The summed E-state index contributed by atoms with van der Waals surface area (Å²) in [4.78, 5) is 13.4. The third-order valence-corrected chi connectivity index (χ3v) is 2.35. The number of methoxy groups -OCH3 is 1. The Kier molecular flexibility index (Phi) is 6.10. The van der Waals surface area contributed by atoms with Gasteiger partial charge in [-0.05, 0) is 33.8 Å². The third kappa shape index (κ3) is 3.66. The van der Waals surface area contributed by atoms with Crippen LogP contribution in [0.5, 0.6) is 0 Å². The van der Waals surface area contributed by atoms with Gasteiger partial charge < -0.3 is 14.1 Å². The van der Waals surface area contributed by atoms with Crippen LogP contribution in [0.2, 0.25) is 0 Å². The summed E-state index contributed by atoms with van der Waals surface area (Å²) >= 11 is 0. The van der Waals surface area contributed by atoms with E-state index in [0.717, 1.165) is 0 Å². The number of ether oxygens (including phenoxy) is 1. The molecule has 5 heteroatoms. The molecule has 0 amide bonds. The SMILES string of the molecule is COC(=O)c1ccc(N(C(C)C)C(C)C)o1.Cl. The number of rotatable bonds is 4. The van der Waals surface area contributed by atoms with Gasteiger partial charge in [-0.3, -0.25) is 0 Å². The summed E-state index contributed by atoms with van der Waals surface area (Å²) in [7, 11) is 1.34. The predicted octanol–water partition coefficient (Wildman–Crippen LogP) is 3.11. The lowest BCUT2D eigenvalue weighted by Gasteiger charge is -2.30. The molecule has 1 heterocycles. The van der Waals surface area contributed by atoms with E-state index >= 15 is 0 Å². The van der Waals surface area contributed by atoms with Gasteiger partial charge in [0.25, 0.3) is 0 Å². The molecule has 0 unspecified atom stereocenters. The van der Waals surface area contributed by atoms with Gasteiger partial charge >= 0.3 is 5.97 Å². The van der Waals surface area contributed by atoms with Gasteiger partial charge in [0.1, 0.15) is 0 Å². The van der Waals surface area contributed by atoms with Crippen molar-refractivity contribution < 1.29 is 13.9 Å². The molecular weight excluding hydrogens is 242 g/mol. The van der Waals surface area contributed by atoms with Gasteiger partial charge in [-0.2, -0.15) is 0 Å². The molecule has 0 saturated carbocycles. The number of esters is 1. The number of carbonyl (C=O) groups excluding carboxylic acids is 1. The average molecular weight is 262 g/mol. The summed E-state index contributed by atoms with van der Waals surface area (Å²) in [5.41, 5.74) is 0. The summed E-state index contributed by atoms with van der Waals surface area (Å²) < 4.78 is 10.1.